The van der Waals surface area contributed by atoms with Crippen LogP contribution in [-0.2, 0) is 11.3 Å². The summed E-state index contributed by atoms with van der Waals surface area (Å²) in [6, 6.07) is 4.72. The molecule has 0 unspecified atom stereocenters. The van der Waals surface area contributed by atoms with Crippen molar-refractivity contribution in [1.29, 1.82) is 0 Å². The van der Waals surface area contributed by atoms with Crippen LogP contribution in [0.25, 0.3) is 0 Å². The van der Waals surface area contributed by atoms with Crippen molar-refractivity contribution in [2.45, 2.75) is 44.8 Å². The summed E-state index contributed by atoms with van der Waals surface area (Å²) in [6.45, 7) is 2.72. The molecule has 0 saturated carbocycles. The number of ether oxygens (including phenoxy) is 1. The van der Waals surface area contributed by atoms with Gasteiger partial charge in [-0.2, -0.15) is 0 Å². The second-order valence-corrected chi connectivity index (χ2v) is 5.64. The van der Waals surface area contributed by atoms with Gasteiger partial charge in [-0.3, -0.25) is 0 Å². The zero-order valence-electron chi connectivity index (χ0n) is 10.7. The van der Waals surface area contributed by atoms with Crippen molar-refractivity contribution < 1.29 is 4.74 Å². The van der Waals surface area contributed by atoms with Crippen LogP contribution in [-0.4, -0.2) is 24.2 Å². The van der Waals surface area contributed by atoms with Gasteiger partial charge in [0.05, 0.1) is 6.61 Å². The highest BCUT2D eigenvalue weighted by molar-refractivity contribution is 9.10. The number of hydrogen-bond acceptors (Lipinski definition) is 3. The number of pyridine rings is 1. The van der Waals surface area contributed by atoms with E-state index in [4.69, 9.17) is 4.74 Å². The molecule has 1 aromatic heterocycles. The quantitative estimate of drug-likeness (QED) is 0.646. The van der Waals surface area contributed by atoms with Crippen LogP contribution in [0.15, 0.2) is 22.9 Å². The molecule has 0 radical (unpaired) electrons. The molecule has 0 aromatic carbocycles. The van der Waals surface area contributed by atoms with E-state index in [1.165, 1.54) is 37.8 Å². The molecule has 2 heterocycles. The minimum absolute atomic E-state index is 0.680. The third-order valence-corrected chi connectivity index (χ3v) is 3.75. The number of halogens is 1. The Bertz CT molecular complexity index is 353. The van der Waals surface area contributed by atoms with Gasteiger partial charge in [0.1, 0.15) is 4.60 Å². The molecule has 0 bridgehead atoms. The van der Waals surface area contributed by atoms with Crippen LogP contribution in [0.2, 0.25) is 0 Å². The van der Waals surface area contributed by atoms with E-state index in [-0.39, 0.29) is 0 Å². The smallest absolute Gasteiger partial charge is 0.106 e. The molecular formula is C14H21BrN2O. The summed E-state index contributed by atoms with van der Waals surface area (Å²) in [5, 5.41) is 3.57. The maximum atomic E-state index is 5.69. The number of nitrogens with one attached hydrogen (secondary N) is 1. The van der Waals surface area contributed by atoms with Crippen molar-refractivity contribution in [3.63, 3.8) is 0 Å². The maximum Gasteiger partial charge on any atom is 0.106 e. The zero-order valence-corrected chi connectivity index (χ0v) is 12.3. The monoisotopic (exact) mass is 312 g/mol. The van der Waals surface area contributed by atoms with Gasteiger partial charge in [-0.05, 0) is 65.9 Å². The van der Waals surface area contributed by atoms with Crippen LogP contribution >= 0.6 is 15.9 Å². The molecule has 0 spiro atoms. The molecule has 0 aliphatic carbocycles. The summed E-state index contributed by atoms with van der Waals surface area (Å²) in [4.78, 5) is 4.10. The zero-order chi connectivity index (χ0) is 12.6. The molecule has 1 N–H and O–H groups in total. The van der Waals surface area contributed by atoms with Crippen LogP contribution in [0.3, 0.4) is 0 Å². The minimum Gasteiger partial charge on any atom is -0.377 e. The van der Waals surface area contributed by atoms with E-state index in [0.29, 0.717) is 6.61 Å². The average Bonchev–Trinajstić information content (AvgIpc) is 2.40. The Balaban J connectivity index is 1.55. The van der Waals surface area contributed by atoms with Gasteiger partial charge in [0.2, 0.25) is 0 Å². The van der Waals surface area contributed by atoms with E-state index in [0.717, 1.165) is 23.7 Å². The van der Waals surface area contributed by atoms with Gasteiger partial charge < -0.3 is 10.1 Å². The Morgan fingerprint density at radius 1 is 1.44 bits per heavy atom. The first-order chi connectivity index (χ1) is 8.84. The predicted molar refractivity (Wildman–Crippen MR) is 76.5 cm³/mol. The average molecular weight is 313 g/mol. The molecule has 100 valence electrons. The molecular weight excluding hydrogens is 292 g/mol. The van der Waals surface area contributed by atoms with Crippen LogP contribution < -0.4 is 5.32 Å². The molecule has 0 amide bonds. The lowest BCUT2D eigenvalue weighted by molar-refractivity contribution is 0.114. The summed E-state index contributed by atoms with van der Waals surface area (Å²) < 4.78 is 6.56. The predicted octanol–water partition coefficient (Wildman–Crippen LogP) is 3.28. The van der Waals surface area contributed by atoms with Crippen LogP contribution in [0.5, 0.6) is 0 Å². The molecule has 2 rings (SSSR count). The molecule has 3 nitrogen and oxygen atoms in total. The van der Waals surface area contributed by atoms with Gasteiger partial charge in [0.15, 0.2) is 0 Å². The second kappa shape index (κ2) is 7.87. The Kier molecular flexibility index (Phi) is 6.11. The SMILES string of the molecule is Brc1cc(COCCC[C@@H]2CCCCN2)ccn1. The third kappa shape index (κ3) is 5.04. The summed E-state index contributed by atoms with van der Waals surface area (Å²) >= 11 is 3.36. The summed E-state index contributed by atoms with van der Waals surface area (Å²) in [7, 11) is 0. The highest BCUT2D eigenvalue weighted by Gasteiger charge is 2.11. The van der Waals surface area contributed by atoms with Crippen LogP contribution in [0.4, 0.5) is 0 Å². The van der Waals surface area contributed by atoms with Crippen molar-refractivity contribution >= 4 is 15.9 Å². The second-order valence-electron chi connectivity index (χ2n) is 4.83. The summed E-state index contributed by atoms with van der Waals surface area (Å²) in [5.74, 6) is 0. The van der Waals surface area contributed by atoms with Crippen molar-refractivity contribution in [3.05, 3.63) is 28.5 Å². The lowest BCUT2D eigenvalue weighted by Crippen LogP contribution is -2.33. The third-order valence-electron chi connectivity index (χ3n) is 3.31. The molecule has 4 heteroatoms. The van der Waals surface area contributed by atoms with Gasteiger partial charge in [-0.1, -0.05) is 6.42 Å². The minimum atomic E-state index is 0.680. The van der Waals surface area contributed by atoms with Gasteiger partial charge in [0, 0.05) is 18.8 Å². The standard InChI is InChI=1S/C14H21BrN2O/c15-14-10-12(6-8-17-14)11-18-9-3-5-13-4-1-2-7-16-13/h6,8,10,13,16H,1-5,7,9,11H2/t13-/m0/s1. The Hall–Kier alpha value is -0.450. The lowest BCUT2D eigenvalue weighted by atomic mass is 10.0. The molecule has 1 aromatic rings. The highest BCUT2D eigenvalue weighted by Crippen LogP contribution is 2.12. The van der Waals surface area contributed by atoms with E-state index in [1.807, 2.05) is 12.1 Å². The summed E-state index contributed by atoms with van der Waals surface area (Å²) in [5.41, 5.74) is 1.17. The Labute approximate surface area is 117 Å². The first-order valence-electron chi connectivity index (χ1n) is 6.76. The first kappa shape index (κ1) is 14.0. The van der Waals surface area contributed by atoms with Crippen LogP contribution in [0.1, 0.15) is 37.7 Å². The molecule has 1 saturated heterocycles. The number of rotatable bonds is 6. The fourth-order valence-electron chi connectivity index (χ4n) is 2.32. The fourth-order valence-corrected chi connectivity index (χ4v) is 2.74. The number of nitrogens with zero attached hydrogens (tertiary/aromatic N) is 1. The Morgan fingerprint density at radius 3 is 3.17 bits per heavy atom. The van der Waals surface area contributed by atoms with Gasteiger partial charge in [-0.25, -0.2) is 4.98 Å². The van der Waals surface area contributed by atoms with E-state index < -0.39 is 0 Å². The maximum absolute atomic E-state index is 5.69. The summed E-state index contributed by atoms with van der Waals surface area (Å²) in [6.07, 6.45) is 8.23. The van der Waals surface area contributed by atoms with E-state index >= 15 is 0 Å². The van der Waals surface area contributed by atoms with Crippen molar-refractivity contribution in [3.8, 4) is 0 Å². The largest absolute Gasteiger partial charge is 0.377 e. The van der Waals surface area contributed by atoms with E-state index in [2.05, 4.69) is 26.2 Å². The lowest BCUT2D eigenvalue weighted by Gasteiger charge is -2.23. The fraction of sp³-hybridized carbons (Fsp3) is 0.643. The molecule has 1 fully saturated rings. The van der Waals surface area contributed by atoms with Gasteiger partial charge in [-0.15, -0.1) is 0 Å². The topological polar surface area (TPSA) is 34.1 Å². The molecule has 1 aliphatic rings. The molecule has 1 atom stereocenters. The van der Waals surface area contributed by atoms with E-state index in [1.54, 1.807) is 6.20 Å². The number of hydrogen-bond donors (Lipinski definition) is 1. The van der Waals surface area contributed by atoms with Crippen LogP contribution in [0, 0.1) is 0 Å². The van der Waals surface area contributed by atoms with Crippen molar-refractivity contribution in [2.24, 2.45) is 0 Å². The first-order valence-corrected chi connectivity index (χ1v) is 7.55. The van der Waals surface area contributed by atoms with Gasteiger partial charge in [0.25, 0.3) is 0 Å². The molecule has 18 heavy (non-hydrogen) atoms. The molecule has 1 aliphatic heterocycles. The van der Waals surface area contributed by atoms with Gasteiger partial charge >= 0.3 is 0 Å². The number of piperidine rings is 1. The highest BCUT2D eigenvalue weighted by atomic mass is 79.9. The normalized spacial score (nSPS) is 19.9. The number of aromatic nitrogens is 1. The van der Waals surface area contributed by atoms with E-state index in [9.17, 15) is 0 Å². The van der Waals surface area contributed by atoms with Crippen molar-refractivity contribution in [2.75, 3.05) is 13.2 Å². The van der Waals surface area contributed by atoms with Crippen molar-refractivity contribution in [1.82, 2.24) is 10.3 Å². The Morgan fingerprint density at radius 2 is 2.39 bits per heavy atom.